The average molecular weight is 317 g/mol. The van der Waals surface area contributed by atoms with Crippen molar-refractivity contribution in [2.75, 3.05) is 5.32 Å². The fraction of sp³-hybridized carbons (Fsp3) is 0.105. The Hall–Kier alpha value is -3.39. The molecule has 0 saturated heterocycles. The highest BCUT2D eigenvalue weighted by atomic mass is 16.5. The Kier molecular flexibility index (Phi) is 4.39. The molecule has 5 nitrogen and oxygen atoms in total. The molecule has 0 aliphatic rings. The van der Waals surface area contributed by atoms with Crippen LogP contribution >= 0.6 is 0 Å². The molecular weight excluding hydrogens is 302 g/mol. The first-order valence-electron chi connectivity index (χ1n) is 7.49. The Morgan fingerprint density at radius 1 is 1.17 bits per heavy atom. The van der Waals surface area contributed by atoms with E-state index in [1.54, 1.807) is 37.4 Å². The van der Waals surface area contributed by atoms with Gasteiger partial charge in [0, 0.05) is 11.6 Å². The number of carbonyl (C=O) groups is 1. The smallest absolute Gasteiger partial charge is 0.265 e. The van der Waals surface area contributed by atoms with Gasteiger partial charge in [-0.3, -0.25) is 9.78 Å². The van der Waals surface area contributed by atoms with E-state index < -0.39 is 6.10 Å². The molecule has 3 aromatic rings. The first-order valence-corrected chi connectivity index (χ1v) is 7.49. The van der Waals surface area contributed by atoms with Gasteiger partial charge < -0.3 is 10.1 Å². The van der Waals surface area contributed by atoms with Crippen molar-refractivity contribution >= 4 is 22.5 Å². The van der Waals surface area contributed by atoms with Gasteiger partial charge in [0.15, 0.2) is 6.10 Å². The Bertz CT molecular complexity index is 909. The van der Waals surface area contributed by atoms with Crippen LogP contribution in [0.4, 0.5) is 5.69 Å². The van der Waals surface area contributed by atoms with Gasteiger partial charge in [-0.2, -0.15) is 5.26 Å². The molecule has 3 rings (SSSR count). The summed E-state index contributed by atoms with van der Waals surface area (Å²) in [5.41, 5.74) is 1.92. The number of benzene rings is 2. The van der Waals surface area contributed by atoms with Crippen LogP contribution in [0.5, 0.6) is 5.75 Å². The highest BCUT2D eigenvalue weighted by Crippen LogP contribution is 2.21. The standard InChI is InChI=1S/C19H15N3O2/c1-13(24-16-9-7-14(12-20)8-10-16)19(23)22-17-6-2-4-15-5-3-11-21-18(15)17/h2-11,13H,1H3,(H,22,23). The molecule has 24 heavy (non-hydrogen) atoms. The maximum Gasteiger partial charge on any atom is 0.265 e. The van der Waals surface area contributed by atoms with Gasteiger partial charge >= 0.3 is 0 Å². The molecule has 0 radical (unpaired) electrons. The quantitative estimate of drug-likeness (QED) is 0.799. The van der Waals surface area contributed by atoms with Crippen LogP contribution in [0.3, 0.4) is 0 Å². The second kappa shape index (κ2) is 6.80. The molecule has 1 aromatic heterocycles. The van der Waals surface area contributed by atoms with E-state index in [-0.39, 0.29) is 5.91 Å². The van der Waals surface area contributed by atoms with Crippen molar-refractivity contribution < 1.29 is 9.53 Å². The lowest BCUT2D eigenvalue weighted by atomic mass is 10.2. The molecule has 0 spiro atoms. The number of nitriles is 1. The van der Waals surface area contributed by atoms with Crippen LogP contribution in [0.2, 0.25) is 0 Å². The zero-order valence-corrected chi connectivity index (χ0v) is 13.1. The third kappa shape index (κ3) is 3.33. The molecule has 0 aliphatic heterocycles. The molecule has 1 unspecified atom stereocenters. The molecule has 0 aliphatic carbocycles. The first-order chi connectivity index (χ1) is 11.7. The summed E-state index contributed by atoms with van der Waals surface area (Å²) < 4.78 is 5.62. The second-order valence-corrected chi connectivity index (χ2v) is 5.27. The number of nitrogens with zero attached hydrogens (tertiary/aromatic N) is 2. The highest BCUT2D eigenvalue weighted by Gasteiger charge is 2.16. The fourth-order valence-corrected chi connectivity index (χ4v) is 2.31. The number of nitrogens with one attached hydrogen (secondary N) is 1. The zero-order valence-electron chi connectivity index (χ0n) is 13.1. The Morgan fingerprint density at radius 2 is 1.92 bits per heavy atom. The largest absolute Gasteiger partial charge is 0.481 e. The van der Waals surface area contributed by atoms with Gasteiger partial charge in [0.25, 0.3) is 5.91 Å². The van der Waals surface area contributed by atoms with Gasteiger partial charge in [-0.05, 0) is 43.3 Å². The third-order valence-corrected chi connectivity index (χ3v) is 3.56. The minimum Gasteiger partial charge on any atom is -0.481 e. The number of hydrogen-bond donors (Lipinski definition) is 1. The van der Waals surface area contributed by atoms with E-state index in [4.69, 9.17) is 10.00 Å². The molecule has 1 N–H and O–H groups in total. The third-order valence-electron chi connectivity index (χ3n) is 3.56. The zero-order chi connectivity index (χ0) is 16.9. The minimum absolute atomic E-state index is 0.266. The van der Waals surface area contributed by atoms with Crippen LogP contribution in [-0.2, 0) is 4.79 Å². The van der Waals surface area contributed by atoms with Gasteiger partial charge in [-0.25, -0.2) is 0 Å². The summed E-state index contributed by atoms with van der Waals surface area (Å²) in [6, 6.07) is 18.1. The van der Waals surface area contributed by atoms with Crippen molar-refractivity contribution in [2.45, 2.75) is 13.0 Å². The van der Waals surface area contributed by atoms with E-state index in [2.05, 4.69) is 10.3 Å². The molecule has 1 amide bonds. The second-order valence-electron chi connectivity index (χ2n) is 5.27. The molecule has 0 saturated carbocycles. The van der Waals surface area contributed by atoms with E-state index in [0.717, 1.165) is 10.9 Å². The fourth-order valence-electron chi connectivity index (χ4n) is 2.31. The summed E-state index contributed by atoms with van der Waals surface area (Å²) in [6.07, 6.45) is 1.01. The van der Waals surface area contributed by atoms with Crippen molar-refractivity contribution in [1.29, 1.82) is 5.26 Å². The number of fused-ring (bicyclic) bond motifs is 1. The number of pyridine rings is 1. The normalized spacial score (nSPS) is 11.5. The molecule has 0 fully saturated rings. The monoisotopic (exact) mass is 317 g/mol. The lowest BCUT2D eigenvalue weighted by molar-refractivity contribution is -0.122. The van der Waals surface area contributed by atoms with Crippen molar-refractivity contribution in [3.05, 3.63) is 66.4 Å². The average Bonchev–Trinajstić information content (AvgIpc) is 2.62. The SMILES string of the molecule is CC(Oc1ccc(C#N)cc1)C(=O)Nc1cccc2cccnc12. The number of hydrogen-bond acceptors (Lipinski definition) is 4. The van der Waals surface area contributed by atoms with E-state index in [9.17, 15) is 4.79 Å². The predicted octanol–water partition coefficient (Wildman–Crippen LogP) is 3.51. The van der Waals surface area contributed by atoms with Crippen molar-refractivity contribution in [3.63, 3.8) is 0 Å². The van der Waals surface area contributed by atoms with Gasteiger partial charge in [0.1, 0.15) is 5.75 Å². The van der Waals surface area contributed by atoms with Crippen LogP contribution in [0, 0.1) is 11.3 Å². The molecule has 1 atom stereocenters. The highest BCUT2D eigenvalue weighted by molar-refractivity contribution is 6.01. The molecule has 1 heterocycles. The molecule has 0 bridgehead atoms. The van der Waals surface area contributed by atoms with Gasteiger partial charge in [-0.15, -0.1) is 0 Å². The molecular formula is C19H15N3O2. The summed E-state index contributed by atoms with van der Waals surface area (Å²) in [5, 5.41) is 12.6. The van der Waals surface area contributed by atoms with Gasteiger partial charge in [0.05, 0.1) is 22.8 Å². The summed E-state index contributed by atoms with van der Waals surface area (Å²) >= 11 is 0. The van der Waals surface area contributed by atoms with Gasteiger partial charge in [0.2, 0.25) is 0 Å². The lowest BCUT2D eigenvalue weighted by Crippen LogP contribution is -2.30. The number of para-hydroxylation sites is 1. The predicted molar refractivity (Wildman–Crippen MR) is 91.6 cm³/mol. The first kappa shape index (κ1) is 15.5. The van der Waals surface area contributed by atoms with Crippen LogP contribution < -0.4 is 10.1 Å². The van der Waals surface area contributed by atoms with E-state index in [1.807, 2.05) is 36.4 Å². The van der Waals surface area contributed by atoms with Crippen LogP contribution in [0.25, 0.3) is 10.9 Å². The maximum atomic E-state index is 12.4. The Labute approximate surface area is 139 Å². The molecule has 2 aromatic carbocycles. The maximum absolute atomic E-state index is 12.4. The topological polar surface area (TPSA) is 75.0 Å². The summed E-state index contributed by atoms with van der Waals surface area (Å²) in [6.45, 7) is 1.67. The molecule has 5 heteroatoms. The lowest BCUT2D eigenvalue weighted by Gasteiger charge is -2.15. The van der Waals surface area contributed by atoms with E-state index in [0.29, 0.717) is 17.0 Å². The number of anilines is 1. The van der Waals surface area contributed by atoms with Crippen molar-refractivity contribution in [1.82, 2.24) is 4.98 Å². The van der Waals surface area contributed by atoms with Crippen molar-refractivity contribution in [3.8, 4) is 11.8 Å². The van der Waals surface area contributed by atoms with Crippen LogP contribution in [0.1, 0.15) is 12.5 Å². The van der Waals surface area contributed by atoms with E-state index in [1.165, 1.54) is 0 Å². The number of amides is 1. The van der Waals surface area contributed by atoms with E-state index >= 15 is 0 Å². The number of aromatic nitrogens is 1. The minimum atomic E-state index is -0.683. The van der Waals surface area contributed by atoms with Crippen LogP contribution in [0.15, 0.2) is 60.8 Å². The number of rotatable bonds is 4. The van der Waals surface area contributed by atoms with Gasteiger partial charge in [-0.1, -0.05) is 18.2 Å². The summed E-state index contributed by atoms with van der Waals surface area (Å²) in [5.74, 6) is 0.269. The molecule has 118 valence electrons. The summed E-state index contributed by atoms with van der Waals surface area (Å²) in [7, 11) is 0. The summed E-state index contributed by atoms with van der Waals surface area (Å²) in [4.78, 5) is 16.7. The Balaban J connectivity index is 1.72. The Morgan fingerprint density at radius 3 is 2.67 bits per heavy atom. The number of carbonyl (C=O) groups excluding carboxylic acids is 1. The van der Waals surface area contributed by atoms with Crippen LogP contribution in [-0.4, -0.2) is 17.0 Å². The number of ether oxygens (including phenoxy) is 1. The van der Waals surface area contributed by atoms with Crippen molar-refractivity contribution in [2.24, 2.45) is 0 Å².